The van der Waals surface area contributed by atoms with Crippen molar-refractivity contribution in [2.24, 2.45) is 7.05 Å². The highest BCUT2D eigenvalue weighted by atomic mass is 32.2. The van der Waals surface area contributed by atoms with E-state index in [1.54, 1.807) is 29.2 Å². The Morgan fingerprint density at radius 1 is 1.30 bits per heavy atom. The van der Waals surface area contributed by atoms with Gasteiger partial charge in [0.2, 0.25) is 5.91 Å². The van der Waals surface area contributed by atoms with Crippen LogP contribution in [0.15, 0.2) is 53.0 Å². The van der Waals surface area contributed by atoms with Crippen molar-refractivity contribution >= 4 is 35.1 Å². The number of carbonyl (C=O) groups is 1. The molecule has 0 unspecified atom stereocenters. The molecule has 27 heavy (non-hydrogen) atoms. The molecule has 0 aliphatic heterocycles. The van der Waals surface area contributed by atoms with E-state index in [0.717, 1.165) is 21.6 Å². The van der Waals surface area contributed by atoms with Crippen LogP contribution in [-0.2, 0) is 17.6 Å². The molecule has 5 nitrogen and oxygen atoms in total. The lowest BCUT2D eigenvalue weighted by Crippen LogP contribution is -2.26. The Labute approximate surface area is 167 Å². The number of thioether (sulfide) groups is 1. The Morgan fingerprint density at radius 2 is 2.11 bits per heavy atom. The standard InChI is InChI=1S/C20H22N4OS2/c1-14-7-4-5-8-16(14)13-27-20-23-22-19(24(20)3)15(2)21-18(25)11-10-17-9-6-12-26-17/h4-12,15H,13H2,1-3H3,(H,21,25)/b11-10+/t15-/m1/s1. The van der Waals surface area contributed by atoms with E-state index in [1.165, 1.54) is 11.1 Å². The molecular weight excluding hydrogens is 376 g/mol. The summed E-state index contributed by atoms with van der Waals surface area (Å²) in [5, 5.41) is 14.3. The second-order valence-corrected chi connectivity index (χ2v) is 8.12. The molecule has 0 radical (unpaired) electrons. The van der Waals surface area contributed by atoms with Crippen molar-refractivity contribution in [1.29, 1.82) is 0 Å². The Kier molecular flexibility index (Phi) is 6.47. The molecule has 7 heteroatoms. The second-order valence-electron chi connectivity index (χ2n) is 6.19. The minimum absolute atomic E-state index is 0.145. The van der Waals surface area contributed by atoms with Crippen LogP contribution in [0.4, 0.5) is 0 Å². The molecule has 0 saturated carbocycles. The SMILES string of the molecule is Cc1ccccc1CSc1nnc([C@@H](C)NC(=O)/C=C/c2cccs2)n1C. The number of carbonyl (C=O) groups excluding carboxylic acids is 1. The van der Waals surface area contributed by atoms with E-state index in [-0.39, 0.29) is 11.9 Å². The van der Waals surface area contributed by atoms with Crippen molar-refractivity contribution in [3.8, 4) is 0 Å². The fourth-order valence-electron chi connectivity index (χ4n) is 2.61. The number of rotatable bonds is 7. The van der Waals surface area contributed by atoms with Crippen LogP contribution in [0.1, 0.15) is 34.8 Å². The van der Waals surface area contributed by atoms with Gasteiger partial charge in [0.15, 0.2) is 11.0 Å². The van der Waals surface area contributed by atoms with Gasteiger partial charge in [-0.1, -0.05) is 42.1 Å². The summed E-state index contributed by atoms with van der Waals surface area (Å²) in [6, 6.07) is 12.0. The second kappa shape index (κ2) is 9.01. The van der Waals surface area contributed by atoms with E-state index in [2.05, 4.69) is 34.6 Å². The normalized spacial score (nSPS) is 12.4. The summed E-state index contributed by atoms with van der Waals surface area (Å²) < 4.78 is 1.94. The average Bonchev–Trinajstić information content (AvgIpc) is 3.29. The van der Waals surface area contributed by atoms with Gasteiger partial charge in [-0.25, -0.2) is 0 Å². The highest BCUT2D eigenvalue weighted by molar-refractivity contribution is 7.98. The Morgan fingerprint density at radius 3 is 2.85 bits per heavy atom. The molecule has 0 saturated heterocycles. The predicted molar refractivity (Wildman–Crippen MR) is 112 cm³/mol. The number of hydrogen-bond acceptors (Lipinski definition) is 5. The lowest BCUT2D eigenvalue weighted by molar-refractivity contribution is -0.117. The summed E-state index contributed by atoms with van der Waals surface area (Å²) in [6.45, 7) is 4.02. The largest absolute Gasteiger partial charge is 0.343 e. The summed E-state index contributed by atoms with van der Waals surface area (Å²) in [4.78, 5) is 13.2. The zero-order chi connectivity index (χ0) is 19.2. The molecule has 2 heterocycles. The number of amides is 1. The van der Waals surface area contributed by atoms with Gasteiger partial charge < -0.3 is 9.88 Å². The number of nitrogens with zero attached hydrogens (tertiary/aromatic N) is 3. The lowest BCUT2D eigenvalue weighted by atomic mass is 10.1. The van der Waals surface area contributed by atoms with Crippen molar-refractivity contribution in [2.45, 2.75) is 30.8 Å². The molecule has 0 bridgehead atoms. The Balaban J connectivity index is 1.60. The predicted octanol–water partition coefficient (Wildman–Crippen LogP) is 4.37. The third-order valence-corrected chi connectivity index (χ3v) is 6.08. The van der Waals surface area contributed by atoms with E-state index in [0.29, 0.717) is 0 Å². The van der Waals surface area contributed by atoms with Gasteiger partial charge in [0.05, 0.1) is 6.04 Å². The minimum atomic E-state index is -0.226. The molecule has 0 aliphatic carbocycles. The van der Waals surface area contributed by atoms with Gasteiger partial charge in [-0.05, 0) is 42.5 Å². The number of benzene rings is 1. The van der Waals surface area contributed by atoms with E-state index in [9.17, 15) is 4.79 Å². The number of aryl methyl sites for hydroxylation is 1. The van der Waals surface area contributed by atoms with Crippen molar-refractivity contribution in [1.82, 2.24) is 20.1 Å². The molecule has 1 aromatic carbocycles. The molecule has 0 aliphatic rings. The monoisotopic (exact) mass is 398 g/mol. The van der Waals surface area contributed by atoms with Crippen LogP contribution in [-0.4, -0.2) is 20.7 Å². The first-order chi connectivity index (χ1) is 13.0. The van der Waals surface area contributed by atoms with Crippen molar-refractivity contribution < 1.29 is 4.79 Å². The van der Waals surface area contributed by atoms with E-state index in [1.807, 2.05) is 54.3 Å². The third kappa shape index (κ3) is 5.08. The molecule has 3 aromatic rings. The van der Waals surface area contributed by atoms with E-state index in [4.69, 9.17) is 0 Å². The highest BCUT2D eigenvalue weighted by Crippen LogP contribution is 2.24. The summed E-state index contributed by atoms with van der Waals surface area (Å²) in [5.74, 6) is 1.43. The van der Waals surface area contributed by atoms with E-state index >= 15 is 0 Å². The first kappa shape index (κ1) is 19.4. The zero-order valence-electron chi connectivity index (χ0n) is 15.5. The Bertz CT molecular complexity index is 931. The van der Waals surface area contributed by atoms with Crippen molar-refractivity contribution in [3.05, 3.63) is 69.7 Å². The van der Waals surface area contributed by atoms with Crippen LogP contribution in [0.25, 0.3) is 6.08 Å². The van der Waals surface area contributed by atoms with Gasteiger partial charge in [-0.3, -0.25) is 4.79 Å². The topological polar surface area (TPSA) is 59.8 Å². The maximum Gasteiger partial charge on any atom is 0.244 e. The quantitative estimate of drug-likeness (QED) is 0.474. The maximum atomic E-state index is 12.1. The van der Waals surface area contributed by atoms with Crippen LogP contribution >= 0.6 is 23.1 Å². The fraction of sp³-hybridized carbons (Fsp3) is 0.250. The van der Waals surface area contributed by atoms with Gasteiger partial charge in [-0.2, -0.15) is 0 Å². The smallest absolute Gasteiger partial charge is 0.244 e. The first-order valence-corrected chi connectivity index (χ1v) is 10.5. The lowest BCUT2D eigenvalue weighted by Gasteiger charge is -2.12. The molecule has 1 N–H and O–H groups in total. The van der Waals surface area contributed by atoms with Gasteiger partial charge in [-0.15, -0.1) is 21.5 Å². The third-order valence-electron chi connectivity index (χ3n) is 4.17. The fourth-order valence-corrected chi connectivity index (χ4v) is 4.23. The van der Waals surface area contributed by atoms with Gasteiger partial charge in [0.1, 0.15) is 0 Å². The number of nitrogens with one attached hydrogen (secondary N) is 1. The van der Waals surface area contributed by atoms with Crippen LogP contribution in [0, 0.1) is 6.92 Å². The van der Waals surface area contributed by atoms with Crippen LogP contribution in [0.3, 0.4) is 0 Å². The molecule has 2 aromatic heterocycles. The van der Waals surface area contributed by atoms with E-state index < -0.39 is 0 Å². The molecular formula is C20H22N4OS2. The average molecular weight is 399 g/mol. The van der Waals surface area contributed by atoms with Crippen molar-refractivity contribution in [3.63, 3.8) is 0 Å². The van der Waals surface area contributed by atoms with Crippen molar-refractivity contribution in [2.75, 3.05) is 0 Å². The summed E-state index contributed by atoms with van der Waals surface area (Å²) in [5.41, 5.74) is 2.55. The molecule has 0 fully saturated rings. The van der Waals surface area contributed by atoms with Gasteiger partial charge in [0, 0.05) is 23.8 Å². The minimum Gasteiger partial charge on any atom is -0.343 e. The number of aromatic nitrogens is 3. The number of thiophene rings is 1. The molecule has 0 spiro atoms. The van der Waals surface area contributed by atoms with Crippen LogP contribution in [0.2, 0.25) is 0 Å². The van der Waals surface area contributed by atoms with Crippen LogP contribution < -0.4 is 5.32 Å². The molecule has 1 atom stereocenters. The van der Waals surface area contributed by atoms with Gasteiger partial charge >= 0.3 is 0 Å². The number of hydrogen-bond donors (Lipinski definition) is 1. The molecule has 140 valence electrons. The highest BCUT2D eigenvalue weighted by Gasteiger charge is 2.17. The maximum absolute atomic E-state index is 12.1. The first-order valence-electron chi connectivity index (χ1n) is 8.63. The Hall–Kier alpha value is -2.38. The van der Waals surface area contributed by atoms with Crippen LogP contribution in [0.5, 0.6) is 0 Å². The molecule has 3 rings (SSSR count). The molecule has 1 amide bonds. The zero-order valence-corrected chi connectivity index (χ0v) is 17.2. The van der Waals surface area contributed by atoms with Gasteiger partial charge in [0.25, 0.3) is 0 Å². The summed E-state index contributed by atoms with van der Waals surface area (Å²) in [6.07, 6.45) is 3.36. The summed E-state index contributed by atoms with van der Waals surface area (Å²) in [7, 11) is 1.93. The summed E-state index contributed by atoms with van der Waals surface area (Å²) >= 11 is 3.24.